The molecule has 0 saturated heterocycles. The van der Waals surface area contributed by atoms with Gasteiger partial charge in [0.05, 0.1) is 6.54 Å². The normalized spacial score (nSPS) is 12.0. The Labute approximate surface area is 108 Å². The van der Waals surface area contributed by atoms with Crippen molar-refractivity contribution in [1.82, 2.24) is 0 Å². The zero-order chi connectivity index (χ0) is 12.9. The molecule has 1 rings (SSSR count). The van der Waals surface area contributed by atoms with Gasteiger partial charge in [0.15, 0.2) is 5.78 Å². The summed E-state index contributed by atoms with van der Waals surface area (Å²) in [5.41, 5.74) is 1.01. The fourth-order valence-corrected chi connectivity index (χ4v) is 1.43. The highest BCUT2D eigenvalue weighted by molar-refractivity contribution is 6.30. The first-order chi connectivity index (χ1) is 7.87. The van der Waals surface area contributed by atoms with Gasteiger partial charge in [0.1, 0.15) is 0 Å². The van der Waals surface area contributed by atoms with E-state index in [1.807, 2.05) is 18.3 Å². The molecule has 0 heterocycles. The molecule has 0 spiro atoms. The maximum Gasteiger partial charge on any atom is 0.158 e. The van der Waals surface area contributed by atoms with Crippen LogP contribution in [0.2, 0.25) is 5.02 Å². The lowest BCUT2D eigenvalue weighted by molar-refractivity contribution is -0.117. The van der Waals surface area contributed by atoms with Gasteiger partial charge in [-0.3, -0.25) is 9.79 Å². The standard InChI is InChI=1S/C14H18ClNO/c1-14(2,3)10-16-9-13(17)8-11-4-6-12(15)7-5-11/h4-7,10H,8-9H2,1-3H3. The Morgan fingerprint density at radius 2 is 1.88 bits per heavy atom. The van der Waals surface area contributed by atoms with E-state index in [2.05, 4.69) is 25.8 Å². The highest BCUT2D eigenvalue weighted by Gasteiger charge is 2.06. The van der Waals surface area contributed by atoms with Crippen LogP contribution in [0, 0.1) is 5.41 Å². The van der Waals surface area contributed by atoms with Crippen LogP contribution >= 0.6 is 11.6 Å². The van der Waals surface area contributed by atoms with Crippen LogP contribution < -0.4 is 0 Å². The molecule has 0 saturated carbocycles. The van der Waals surface area contributed by atoms with Gasteiger partial charge in [0.2, 0.25) is 0 Å². The molecule has 0 radical (unpaired) electrons. The van der Waals surface area contributed by atoms with Crippen molar-refractivity contribution in [1.29, 1.82) is 0 Å². The molecule has 1 aromatic rings. The summed E-state index contributed by atoms with van der Waals surface area (Å²) in [6, 6.07) is 7.33. The van der Waals surface area contributed by atoms with Crippen LogP contribution in [0.4, 0.5) is 0 Å². The summed E-state index contributed by atoms with van der Waals surface area (Å²) >= 11 is 5.77. The van der Waals surface area contributed by atoms with E-state index in [9.17, 15) is 4.79 Å². The fraction of sp³-hybridized carbons (Fsp3) is 0.429. The van der Waals surface area contributed by atoms with Crippen LogP contribution in [0.5, 0.6) is 0 Å². The Balaban J connectivity index is 2.45. The molecule has 0 aliphatic carbocycles. The maximum atomic E-state index is 11.6. The van der Waals surface area contributed by atoms with E-state index in [0.717, 1.165) is 5.56 Å². The van der Waals surface area contributed by atoms with Crippen LogP contribution in [-0.4, -0.2) is 18.5 Å². The molecule has 0 fully saturated rings. The molecule has 92 valence electrons. The first-order valence-corrected chi connectivity index (χ1v) is 6.02. The number of halogens is 1. The number of rotatable bonds is 4. The van der Waals surface area contributed by atoms with Crippen molar-refractivity contribution in [2.24, 2.45) is 10.4 Å². The van der Waals surface area contributed by atoms with Crippen molar-refractivity contribution in [3.63, 3.8) is 0 Å². The van der Waals surface area contributed by atoms with Gasteiger partial charge in [-0.05, 0) is 23.1 Å². The highest BCUT2D eigenvalue weighted by atomic mass is 35.5. The number of benzene rings is 1. The van der Waals surface area contributed by atoms with Gasteiger partial charge in [-0.15, -0.1) is 0 Å². The van der Waals surface area contributed by atoms with Gasteiger partial charge < -0.3 is 0 Å². The van der Waals surface area contributed by atoms with Gasteiger partial charge >= 0.3 is 0 Å². The quantitative estimate of drug-likeness (QED) is 0.753. The number of hydrogen-bond donors (Lipinski definition) is 0. The van der Waals surface area contributed by atoms with E-state index in [1.165, 1.54) is 0 Å². The van der Waals surface area contributed by atoms with Crippen molar-refractivity contribution in [2.45, 2.75) is 27.2 Å². The van der Waals surface area contributed by atoms with Gasteiger partial charge in [0, 0.05) is 17.7 Å². The van der Waals surface area contributed by atoms with E-state index < -0.39 is 0 Å². The molecule has 0 aromatic heterocycles. The van der Waals surface area contributed by atoms with E-state index >= 15 is 0 Å². The predicted molar refractivity (Wildman–Crippen MR) is 73.0 cm³/mol. The summed E-state index contributed by atoms with van der Waals surface area (Å²) in [7, 11) is 0. The summed E-state index contributed by atoms with van der Waals surface area (Å²) in [5, 5.41) is 0.687. The molecule has 0 N–H and O–H groups in total. The largest absolute Gasteiger partial charge is 0.297 e. The maximum absolute atomic E-state index is 11.6. The highest BCUT2D eigenvalue weighted by Crippen LogP contribution is 2.11. The van der Waals surface area contributed by atoms with Crippen LogP contribution in [0.1, 0.15) is 26.3 Å². The average molecular weight is 252 g/mol. The lowest BCUT2D eigenvalue weighted by Crippen LogP contribution is -2.11. The van der Waals surface area contributed by atoms with Crippen LogP contribution in [0.15, 0.2) is 29.3 Å². The molecule has 3 heteroatoms. The topological polar surface area (TPSA) is 29.4 Å². The second kappa shape index (κ2) is 5.97. The molecule has 0 bridgehead atoms. The van der Waals surface area contributed by atoms with Crippen molar-refractivity contribution in [2.75, 3.05) is 6.54 Å². The van der Waals surface area contributed by atoms with Gasteiger partial charge in [-0.1, -0.05) is 44.5 Å². The van der Waals surface area contributed by atoms with E-state index in [0.29, 0.717) is 11.4 Å². The first kappa shape index (κ1) is 13.9. The Morgan fingerprint density at radius 1 is 1.29 bits per heavy atom. The molecule has 0 atom stereocenters. The lowest BCUT2D eigenvalue weighted by atomic mass is 9.99. The molecular formula is C14H18ClNO. The Hall–Kier alpha value is -1.15. The first-order valence-electron chi connectivity index (χ1n) is 5.64. The minimum Gasteiger partial charge on any atom is -0.297 e. The van der Waals surface area contributed by atoms with Crippen LogP contribution in [0.25, 0.3) is 0 Å². The Morgan fingerprint density at radius 3 is 2.41 bits per heavy atom. The monoisotopic (exact) mass is 251 g/mol. The molecule has 1 aromatic carbocycles. The van der Waals surface area contributed by atoms with E-state index in [4.69, 9.17) is 11.6 Å². The van der Waals surface area contributed by atoms with Crippen LogP contribution in [-0.2, 0) is 11.2 Å². The smallest absolute Gasteiger partial charge is 0.158 e. The zero-order valence-corrected chi connectivity index (χ0v) is 11.3. The molecule has 0 amide bonds. The third-order valence-corrected chi connectivity index (χ3v) is 2.31. The van der Waals surface area contributed by atoms with Crippen molar-refractivity contribution in [3.8, 4) is 0 Å². The number of ketones is 1. The van der Waals surface area contributed by atoms with Gasteiger partial charge in [-0.2, -0.15) is 0 Å². The molecular weight excluding hydrogens is 234 g/mol. The Bertz CT molecular complexity index is 401. The van der Waals surface area contributed by atoms with Crippen molar-refractivity contribution >= 4 is 23.6 Å². The average Bonchev–Trinajstić information content (AvgIpc) is 2.19. The van der Waals surface area contributed by atoms with Crippen molar-refractivity contribution in [3.05, 3.63) is 34.9 Å². The predicted octanol–water partition coefficient (Wildman–Crippen LogP) is 3.57. The fourth-order valence-electron chi connectivity index (χ4n) is 1.31. The molecule has 0 aliphatic rings. The van der Waals surface area contributed by atoms with Gasteiger partial charge in [-0.25, -0.2) is 0 Å². The number of hydrogen-bond acceptors (Lipinski definition) is 2. The molecule has 17 heavy (non-hydrogen) atoms. The molecule has 0 unspecified atom stereocenters. The molecule has 2 nitrogen and oxygen atoms in total. The lowest BCUT2D eigenvalue weighted by Gasteiger charge is -2.09. The van der Waals surface area contributed by atoms with Crippen LogP contribution in [0.3, 0.4) is 0 Å². The summed E-state index contributed by atoms with van der Waals surface area (Å²) < 4.78 is 0. The number of Topliss-reactive ketones (excluding diaryl/α,β-unsaturated/α-hetero) is 1. The minimum absolute atomic E-state index is 0.0283. The number of carbonyl (C=O) groups is 1. The summed E-state index contributed by atoms with van der Waals surface area (Å²) in [6.45, 7) is 6.42. The SMILES string of the molecule is CC(C)(C)C=NCC(=O)Cc1ccc(Cl)cc1. The molecule has 0 aliphatic heterocycles. The van der Waals surface area contributed by atoms with E-state index in [-0.39, 0.29) is 17.7 Å². The summed E-state index contributed by atoms with van der Waals surface area (Å²) in [4.78, 5) is 15.8. The number of nitrogens with zero attached hydrogens (tertiary/aromatic N) is 1. The third-order valence-electron chi connectivity index (χ3n) is 2.06. The summed E-state index contributed by atoms with van der Waals surface area (Å²) in [6.07, 6.45) is 2.24. The third kappa shape index (κ3) is 6.22. The summed E-state index contributed by atoms with van der Waals surface area (Å²) in [5.74, 6) is 0.118. The number of carbonyl (C=O) groups excluding carboxylic acids is 1. The second-order valence-electron chi connectivity index (χ2n) is 5.18. The van der Waals surface area contributed by atoms with Crippen molar-refractivity contribution < 1.29 is 4.79 Å². The second-order valence-corrected chi connectivity index (χ2v) is 5.61. The Kier molecular flexibility index (Phi) is 4.88. The van der Waals surface area contributed by atoms with Gasteiger partial charge in [0.25, 0.3) is 0 Å². The minimum atomic E-state index is 0.0283. The van der Waals surface area contributed by atoms with E-state index in [1.54, 1.807) is 12.1 Å². The number of aliphatic imine (C=N–C) groups is 1. The zero-order valence-electron chi connectivity index (χ0n) is 10.5.